The Morgan fingerprint density at radius 2 is 1.59 bits per heavy atom. The molecular formula is C18H19N3O6. The van der Waals surface area contributed by atoms with E-state index in [9.17, 15) is 25.0 Å². The van der Waals surface area contributed by atoms with Crippen LogP contribution in [0, 0.1) is 20.2 Å². The normalized spacial score (nSPS) is 11.7. The molecule has 0 bridgehead atoms. The summed E-state index contributed by atoms with van der Waals surface area (Å²) in [4.78, 5) is 32.8. The van der Waals surface area contributed by atoms with Crippen molar-refractivity contribution in [3.05, 3.63) is 73.8 Å². The highest BCUT2D eigenvalue weighted by atomic mass is 16.6. The summed E-state index contributed by atoms with van der Waals surface area (Å²) in [7, 11) is 0. The van der Waals surface area contributed by atoms with Crippen molar-refractivity contribution in [2.75, 3.05) is 0 Å². The third-order valence-corrected chi connectivity index (χ3v) is 3.66. The van der Waals surface area contributed by atoms with Crippen LogP contribution >= 0.6 is 0 Å². The second-order valence-corrected chi connectivity index (χ2v) is 6.19. The number of carbonyl (C=O) groups excluding carboxylic acids is 1. The van der Waals surface area contributed by atoms with Crippen LogP contribution in [0.3, 0.4) is 0 Å². The van der Waals surface area contributed by atoms with Crippen LogP contribution in [0.2, 0.25) is 0 Å². The Morgan fingerprint density at radius 1 is 1.00 bits per heavy atom. The van der Waals surface area contributed by atoms with Crippen molar-refractivity contribution < 1.29 is 19.4 Å². The minimum atomic E-state index is -0.778. The number of nitro groups is 2. The van der Waals surface area contributed by atoms with Crippen molar-refractivity contribution in [2.45, 2.75) is 32.9 Å². The lowest BCUT2D eigenvalue weighted by molar-refractivity contribution is -0.394. The number of carbonyl (C=O) groups is 1. The van der Waals surface area contributed by atoms with E-state index in [2.05, 4.69) is 5.32 Å². The number of rotatable bonds is 7. The van der Waals surface area contributed by atoms with Gasteiger partial charge in [0.15, 0.2) is 0 Å². The van der Waals surface area contributed by atoms with Gasteiger partial charge in [-0.25, -0.2) is 0 Å². The molecule has 0 aromatic heterocycles. The van der Waals surface area contributed by atoms with E-state index in [-0.39, 0.29) is 11.7 Å². The predicted octanol–water partition coefficient (Wildman–Crippen LogP) is 3.78. The minimum Gasteiger partial charge on any atom is -0.491 e. The topological polar surface area (TPSA) is 125 Å². The Bertz CT molecular complexity index is 849. The number of benzene rings is 2. The molecule has 2 rings (SSSR count). The van der Waals surface area contributed by atoms with Gasteiger partial charge in [0.05, 0.1) is 33.6 Å². The van der Waals surface area contributed by atoms with Gasteiger partial charge in [0.2, 0.25) is 0 Å². The molecule has 9 heteroatoms. The molecule has 1 atom stereocenters. The maximum atomic E-state index is 12.5. The van der Waals surface area contributed by atoms with Gasteiger partial charge >= 0.3 is 0 Å². The number of ether oxygens (including phenoxy) is 1. The first-order valence-corrected chi connectivity index (χ1v) is 8.18. The zero-order valence-electron chi connectivity index (χ0n) is 15.0. The number of nitro benzene ring substituents is 2. The van der Waals surface area contributed by atoms with Gasteiger partial charge in [-0.3, -0.25) is 25.0 Å². The van der Waals surface area contributed by atoms with Gasteiger partial charge in [-0.15, -0.1) is 0 Å². The number of amides is 1. The van der Waals surface area contributed by atoms with Gasteiger partial charge in [0.1, 0.15) is 5.75 Å². The average molecular weight is 373 g/mol. The molecule has 27 heavy (non-hydrogen) atoms. The summed E-state index contributed by atoms with van der Waals surface area (Å²) in [6.07, 6.45) is -0.00411. The van der Waals surface area contributed by atoms with Crippen LogP contribution in [0.25, 0.3) is 0 Å². The SMILES string of the molecule is CC(C)Oc1cccc([C@@H](C)NC(=O)c2cc([N+](=O)[O-])cc([N+](=O)[O-])c2)c1. The van der Waals surface area contributed by atoms with E-state index >= 15 is 0 Å². The Hall–Kier alpha value is -3.49. The largest absolute Gasteiger partial charge is 0.491 e. The van der Waals surface area contributed by atoms with Crippen LogP contribution in [0.5, 0.6) is 5.75 Å². The average Bonchev–Trinajstić information content (AvgIpc) is 2.60. The number of nitrogens with zero attached hydrogens (tertiary/aromatic N) is 2. The lowest BCUT2D eigenvalue weighted by Crippen LogP contribution is -2.26. The Balaban J connectivity index is 2.24. The second-order valence-electron chi connectivity index (χ2n) is 6.19. The van der Waals surface area contributed by atoms with Gasteiger partial charge < -0.3 is 10.1 Å². The van der Waals surface area contributed by atoms with Crippen molar-refractivity contribution >= 4 is 17.3 Å². The third-order valence-electron chi connectivity index (χ3n) is 3.66. The number of nitrogens with one attached hydrogen (secondary N) is 1. The van der Waals surface area contributed by atoms with E-state index in [1.807, 2.05) is 13.8 Å². The molecule has 0 aliphatic heterocycles. The van der Waals surface area contributed by atoms with Crippen molar-refractivity contribution in [2.24, 2.45) is 0 Å². The van der Waals surface area contributed by atoms with Crippen LogP contribution in [-0.4, -0.2) is 21.9 Å². The van der Waals surface area contributed by atoms with Gasteiger partial charge in [-0.1, -0.05) is 12.1 Å². The van der Waals surface area contributed by atoms with Crippen molar-refractivity contribution in [3.63, 3.8) is 0 Å². The number of non-ortho nitro benzene ring substituents is 2. The quantitative estimate of drug-likeness (QED) is 0.581. The van der Waals surface area contributed by atoms with E-state index in [4.69, 9.17) is 4.74 Å². The minimum absolute atomic E-state index is 0.00411. The van der Waals surface area contributed by atoms with E-state index < -0.39 is 33.2 Å². The molecule has 0 radical (unpaired) electrons. The molecule has 0 saturated heterocycles. The summed E-state index contributed by atoms with van der Waals surface area (Å²) >= 11 is 0. The monoisotopic (exact) mass is 373 g/mol. The molecule has 0 unspecified atom stereocenters. The highest BCUT2D eigenvalue weighted by Gasteiger charge is 2.21. The molecule has 142 valence electrons. The molecule has 0 heterocycles. The summed E-state index contributed by atoms with van der Waals surface area (Å²) in [6, 6.07) is 9.55. The highest BCUT2D eigenvalue weighted by Crippen LogP contribution is 2.24. The molecule has 2 aromatic rings. The van der Waals surface area contributed by atoms with Gasteiger partial charge in [0.25, 0.3) is 17.3 Å². The molecule has 0 fully saturated rings. The van der Waals surface area contributed by atoms with Crippen LogP contribution in [0.15, 0.2) is 42.5 Å². The maximum absolute atomic E-state index is 12.5. The zero-order chi connectivity index (χ0) is 20.1. The summed E-state index contributed by atoms with van der Waals surface area (Å²) in [5.41, 5.74) is -0.428. The highest BCUT2D eigenvalue weighted by molar-refractivity contribution is 5.95. The first kappa shape index (κ1) is 19.8. The standard InChI is InChI=1S/C18H19N3O6/c1-11(2)27-17-6-4-5-13(9-17)12(3)19-18(22)14-7-15(20(23)24)10-16(8-14)21(25)26/h4-12H,1-3H3,(H,19,22)/t12-/m1/s1. The molecule has 1 amide bonds. The number of hydrogen-bond acceptors (Lipinski definition) is 6. The van der Waals surface area contributed by atoms with Gasteiger partial charge in [-0.05, 0) is 38.5 Å². The number of hydrogen-bond donors (Lipinski definition) is 1. The summed E-state index contributed by atoms with van der Waals surface area (Å²) < 4.78 is 5.62. The summed E-state index contributed by atoms with van der Waals surface area (Å²) in [5.74, 6) is -0.000864. The smallest absolute Gasteiger partial charge is 0.277 e. The van der Waals surface area contributed by atoms with E-state index in [1.54, 1.807) is 31.2 Å². The van der Waals surface area contributed by atoms with Crippen molar-refractivity contribution in [1.29, 1.82) is 0 Å². The molecule has 0 saturated carbocycles. The van der Waals surface area contributed by atoms with Gasteiger partial charge in [0, 0.05) is 12.1 Å². The fourth-order valence-electron chi connectivity index (χ4n) is 2.43. The van der Waals surface area contributed by atoms with E-state index in [1.165, 1.54) is 0 Å². The lowest BCUT2D eigenvalue weighted by Gasteiger charge is -2.16. The Labute approximate surface area is 155 Å². The zero-order valence-corrected chi connectivity index (χ0v) is 15.0. The summed E-state index contributed by atoms with van der Waals surface area (Å²) in [6.45, 7) is 5.53. The maximum Gasteiger partial charge on any atom is 0.277 e. The fraction of sp³-hybridized carbons (Fsp3) is 0.278. The molecule has 0 aliphatic rings. The first-order chi connectivity index (χ1) is 12.7. The Morgan fingerprint density at radius 3 is 2.11 bits per heavy atom. The molecular weight excluding hydrogens is 354 g/mol. The lowest BCUT2D eigenvalue weighted by atomic mass is 10.1. The van der Waals surface area contributed by atoms with Crippen LogP contribution in [0.1, 0.15) is 42.7 Å². The molecule has 0 aliphatic carbocycles. The molecule has 2 aromatic carbocycles. The second kappa shape index (κ2) is 8.26. The molecule has 1 N–H and O–H groups in total. The van der Waals surface area contributed by atoms with Crippen LogP contribution < -0.4 is 10.1 Å². The van der Waals surface area contributed by atoms with Gasteiger partial charge in [-0.2, -0.15) is 0 Å². The predicted molar refractivity (Wildman–Crippen MR) is 97.8 cm³/mol. The van der Waals surface area contributed by atoms with Crippen LogP contribution in [-0.2, 0) is 0 Å². The van der Waals surface area contributed by atoms with Crippen LogP contribution in [0.4, 0.5) is 11.4 Å². The van der Waals surface area contributed by atoms with E-state index in [0.29, 0.717) is 5.75 Å². The van der Waals surface area contributed by atoms with E-state index in [0.717, 1.165) is 23.8 Å². The van der Waals surface area contributed by atoms with Crippen molar-refractivity contribution in [1.82, 2.24) is 5.32 Å². The first-order valence-electron chi connectivity index (χ1n) is 8.18. The van der Waals surface area contributed by atoms with Crippen molar-refractivity contribution in [3.8, 4) is 5.75 Å². The Kier molecular flexibility index (Phi) is 6.07. The molecule has 9 nitrogen and oxygen atoms in total. The third kappa shape index (κ3) is 5.24. The summed E-state index contributed by atoms with van der Waals surface area (Å²) in [5, 5.41) is 24.6. The fourth-order valence-corrected chi connectivity index (χ4v) is 2.43. The molecule has 0 spiro atoms.